The van der Waals surface area contributed by atoms with Gasteiger partial charge >= 0.3 is 6.18 Å². The molecule has 3 nitrogen and oxygen atoms in total. The van der Waals surface area contributed by atoms with Gasteiger partial charge < -0.3 is 4.90 Å². The van der Waals surface area contributed by atoms with Crippen LogP contribution in [0.25, 0.3) is 0 Å². The number of aromatic nitrogens is 1. The number of thiazole rings is 1. The molecule has 140 valence electrons. The minimum atomic E-state index is -4.30. The molecule has 0 atom stereocenters. The zero-order valence-corrected chi connectivity index (χ0v) is 15.2. The van der Waals surface area contributed by atoms with Gasteiger partial charge in [0.2, 0.25) is 5.91 Å². The van der Waals surface area contributed by atoms with Crippen molar-refractivity contribution in [2.75, 3.05) is 13.1 Å². The summed E-state index contributed by atoms with van der Waals surface area (Å²) < 4.78 is 37.9. The molecular weight excluding hydrogens is 361 g/mol. The molecule has 0 spiro atoms. The number of hydrogen-bond donors (Lipinski definition) is 0. The van der Waals surface area contributed by atoms with Gasteiger partial charge in [-0.3, -0.25) is 4.79 Å². The average molecular weight is 382 g/mol. The lowest BCUT2D eigenvalue weighted by molar-refractivity contribution is -0.137. The summed E-state index contributed by atoms with van der Waals surface area (Å²) in [4.78, 5) is 18.4. The van der Waals surface area contributed by atoms with Gasteiger partial charge in [-0.2, -0.15) is 13.2 Å². The Labute approximate surface area is 154 Å². The Hall–Kier alpha value is -1.89. The minimum absolute atomic E-state index is 0.160. The summed E-state index contributed by atoms with van der Waals surface area (Å²) in [7, 11) is 0. The molecule has 0 N–H and O–H groups in total. The largest absolute Gasteiger partial charge is 0.416 e. The van der Waals surface area contributed by atoms with Crippen molar-refractivity contribution in [1.29, 1.82) is 0 Å². The summed E-state index contributed by atoms with van der Waals surface area (Å²) in [6, 6.07) is 5.43. The summed E-state index contributed by atoms with van der Waals surface area (Å²) in [5.74, 6) is 0.379. The highest BCUT2D eigenvalue weighted by atomic mass is 32.1. The van der Waals surface area contributed by atoms with E-state index in [-0.39, 0.29) is 11.8 Å². The number of rotatable bonds is 5. The van der Waals surface area contributed by atoms with Gasteiger partial charge in [0, 0.05) is 31.1 Å². The number of likely N-dealkylation sites (tertiary alicyclic amines) is 1. The second kappa shape index (κ2) is 8.20. The van der Waals surface area contributed by atoms with Crippen molar-refractivity contribution >= 4 is 17.2 Å². The van der Waals surface area contributed by atoms with E-state index >= 15 is 0 Å². The summed E-state index contributed by atoms with van der Waals surface area (Å²) >= 11 is 1.60. The fourth-order valence-electron chi connectivity index (χ4n) is 3.33. The third-order valence-electron chi connectivity index (χ3n) is 4.82. The fourth-order valence-corrected chi connectivity index (χ4v) is 3.99. The van der Waals surface area contributed by atoms with Crippen LogP contribution in [0.15, 0.2) is 35.8 Å². The Morgan fingerprint density at radius 1 is 1.19 bits per heavy atom. The predicted octanol–water partition coefficient (Wildman–Crippen LogP) is 4.89. The third-order valence-corrected chi connectivity index (χ3v) is 5.66. The van der Waals surface area contributed by atoms with Crippen molar-refractivity contribution in [3.05, 3.63) is 52.0 Å². The molecule has 0 unspecified atom stereocenters. The molecular formula is C19H21F3N2OS. The Balaban J connectivity index is 1.45. The summed E-state index contributed by atoms with van der Waals surface area (Å²) in [6.45, 7) is 1.34. The molecule has 2 heterocycles. The zero-order chi connectivity index (χ0) is 18.6. The molecule has 1 amide bonds. The van der Waals surface area contributed by atoms with E-state index in [0.29, 0.717) is 19.5 Å². The predicted molar refractivity (Wildman–Crippen MR) is 95.1 cm³/mol. The molecule has 1 aliphatic heterocycles. The fraction of sp³-hybridized carbons (Fsp3) is 0.474. The number of piperidine rings is 1. The molecule has 26 heavy (non-hydrogen) atoms. The van der Waals surface area contributed by atoms with Crippen molar-refractivity contribution in [2.45, 2.75) is 44.2 Å². The van der Waals surface area contributed by atoms with Crippen molar-refractivity contribution in [2.24, 2.45) is 0 Å². The SMILES string of the molecule is O=C(CCCc1nccs1)N1CCC(c2ccc(C(F)(F)F)cc2)CC1. The molecule has 0 saturated carbocycles. The molecule has 1 fully saturated rings. The van der Waals surface area contributed by atoms with Crippen molar-refractivity contribution in [3.8, 4) is 0 Å². The molecule has 2 aromatic rings. The maximum Gasteiger partial charge on any atom is 0.416 e. The van der Waals surface area contributed by atoms with Crippen LogP contribution in [-0.2, 0) is 17.4 Å². The lowest BCUT2D eigenvalue weighted by Gasteiger charge is -2.32. The quantitative estimate of drug-likeness (QED) is 0.738. The zero-order valence-electron chi connectivity index (χ0n) is 14.3. The van der Waals surface area contributed by atoms with Crippen LogP contribution in [0.2, 0.25) is 0 Å². The Kier molecular flexibility index (Phi) is 5.96. The van der Waals surface area contributed by atoms with Gasteiger partial charge in [0.25, 0.3) is 0 Å². The van der Waals surface area contributed by atoms with Gasteiger partial charge in [-0.15, -0.1) is 11.3 Å². The van der Waals surface area contributed by atoms with Crippen LogP contribution in [0.3, 0.4) is 0 Å². The summed E-state index contributed by atoms with van der Waals surface area (Å²) in [5, 5.41) is 2.99. The van der Waals surface area contributed by atoms with E-state index < -0.39 is 11.7 Å². The van der Waals surface area contributed by atoms with E-state index in [9.17, 15) is 18.0 Å². The number of alkyl halides is 3. The average Bonchev–Trinajstić information content (AvgIpc) is 3.15. The van der Waals surface area contributed by atoms with Gasteiger partial charge in [0.15, 0.2) is 0 Å². The number of benzene rings is 1. The van der Waals surface area contributed by atoms with Crippen molar-refractivity contribution in [3.63, 3.8) is 0 Å². The summed E-state index contributed by atoms with van der Waals surface area (Å²) in [6.07, 6.45) is 1.20. The number of amides is 1. The Bertz CT molecular complexity index is 705. The number of nitrogens with zero attached hydrogens (tertiary/aromatic N) is 2. The van der Waals surface area contributed by atoms with Crippen LogP contribution in [0, 0.1) is 0 Å². The first-order valence-corrected chi connectivity index (χ1v) is 9.65. The van der Waals surface area contributed by atoms with E-state index in [4.69, 9.17) is 0 Å². The van der Waals surface area contributed by atoms with E-state index in [1.807, 2.05) is 10.3 Å². The van der Waals surface area contributed by atoms with Gasteiger partial charge in [0.05, 0.1) is 10.6 Å². The number of carbonyl (C=O) groups is 1. The van der Waals surface area contributed by atoms with Gasteiger partial charge in [-0.05, 0) is 49.3 Å². The Morgan fingerprint density at radius 3 is 2.46 bits per heavy atom. The monoisotopic (exact) mass is 382 g/mol. The number of halogens is 3. The van der Waals surface area contributed by atoms with E-state index in [2.05, 4.69) is 4.98 Å². The lowest BCUT2D eigenvalue weighted by Crippen LogP contribution is -2.37. The molecule has 1 aliphatic rings. The molecule has 1 saturated heterocycles. The third kappa shape index (κ3) is 4.84. The smallest absolute Gasteiger partial charge is 0.343 e. The highest BCUT2D eigenvalue weighted by Gasteiger charge is 2.30. The first-order chi connectivity index (χ1) is 12.4. The van der Waals surface area contributed by atoms with Gasteiger partial charge in [-0.25, -0.2) is 4.98 Å². The summed E-state index contributed by atoms with van der Waals surface area (Å²) in [5.41, 5.74) is 0.308. The standard InChI is InChI=1S/C19H21F3N2OS/c20-19(21,22)16-6-4-14(5-7-16)15-8-11-24(12-9-15)18(25)3-1-2-17-23-10-13-26-17/h4-7,10,13,15H,1-3,8-9,11-12H2. The number of carbonyl (C=O) groups excluding carboxylic acids is 1. The van der Waals surface area contributed by atoms with Gasteiger partial charge in [0.1, 0.15) is 0 Å². The minimum Gasteiger partial charge on any atom is -0.343 e. The Morgan fingerprint density at radius 2 is 1.88 bits per heavy atom. The first-order valence-electron chi connectivity index (χ1n) is 8.77. The van der Waals surface area contributed by atoms with E-state index in [0.717, 1.165) is 48.4 Å². The van der Waals surface area contributed by atoms with Gasteiger partial charge in [-0.1, -0.05) is 12.1 Å². The number of aryl methyl sites for hydroxylation is 1. The highest BCUT2D eigenvalue weighted by Crippen LogP contribution is 2.33. The normalized spacial score (nSPS) is 16.0. The van der Waals surface area contributed by atoms with E-state index in [1.165, 1.54) is 0 Å². The van der Waals surface area contributed by atoms with Crippen LogP contribution >= 0.6 is 11.3 Å². The van der Waals surface area contributed by atoms with Crippen LogP contribution in [-0.4, -0.2) is 28.9 Å². The maximum atomic E-state index is 12.6. The molecule has 0 radical (unpaired) electrons. The second-order valence-corrected chi connectivity index (χ2v) is 7.53. The molecule has 0 aliphatic carbocycles. The topological polar surface area (TPSA) is 33.2 Å². The first kappa shape index (κ1) is 18.9. The molecule has 7 heteroatoms. The maximum absolute atomic E-state index is 12.6. The lowest BCUT2D eigenvalue weighted by atomic mass is 9.89. The molecule has 0 bridgehead atoms. The van der Waals surface area contributed by atoms with E-state index in [1.54, 1.807) is 29.7 Å². The highest BCUT2D eigenvalue weighted by molar-refractivity contribution is 7.09. The number of hydrogen-bond acceptors (Lipinski definition) is 3. The molecule has 3 rings (SSSR count). The second-order valence-electron chi connectivity index (χ2n) is 6.55. The van der Waals surface area contributed by atoms with Crippen LogP contribution in [0.4, 0.5) is 13.2 Å². The molecule has 1 aromatic heterocycles. The van der Waals surface area contributed by atoms with Crippen LogP contribution < -0.4 is 0 Å². The van der Waals surface area contributed by atoms with Crippen LogP contribution in [0.5, 0.6) is 0 Å². The van der Waals surface area contributed by atoms with Crippen molar-refractivity contribution in [1.82, 2.24) is 9.88 Å². The molecule has 1 aromatic carbocycles. The van der Waals surface area contributed by atoms with Crippen molar-refractivity contribution < 1.29 is 18.0 Å². The van der Waals surface area contributed by atoms with Crippen LogP contribution in [0.1, 0.15) is 47.7 Å².